The van der Waals surface area contributed by atoms with Crippen molar-refractivity contribution < 1.29 is 0 Å². The van der Waals surface area contributed by atoms with Crippen LogP contribution in [0.5, 0.6) is 0 Å². The molecule has 2 unspecified atom stereocenters. The summed E-state index contributed by atoms with van der Waals surface area (Å²) in [4.78, 5) is 2.62. The van der Waals surface area contributed by atoms with Gasteiger partial charge in [-0.25, -0.2) is 0 Å². The summed E-state index contributed by atoms with van der Waals surface area (Å²) in [6, 6.07) is 7.48. The summed E-state index contributed by atoms with van der Waals surface area (Å²) < 4.78 is 0. The molecule has 1 aliphatic rings. The molecular weight excluding hydrogens is 232 g/mol. The van der Waals surface area contributed by atoms with Gasteiger partial charge in [-0.15, -0.1) is 0 Å². The lowest BCUT2D eigenvalue weighted by Crippen LogP contribution is -2.61. The zero-order chi connectivity index (χ0) is 14.0. The van der Waals surface area contributed by atoms with E-state index in [1.165, 1.54) is 23.1 Å². The van der Waals surface area contributed by atoms with E-state index in [-0.39, 0.29) is 5.54 Å². The third-order valence-electron chi connectivity index (χ3n) is 4.74. The fourth-order valence-corrected chi connectivity index (χ4v) is 2.77. The van der Waals surface area contributed by atoms with Gasteiger partial charge in [-0.05, 0) is 50.8 Å². The molecule has 2 rings (SSSR count). The van der Waals surface area contributed by atoms with E-state index in [1.54, 1.807) is 0 Å². The molecule has 0 amide bonds. The molecule has 2 atom stereocenters. The van der Waals surface area contributed by atoms with E-state index in [4.69, 9.17) is 0 Å². The Morgan fingerprint density at radius 3 is 2.68 bits per heavy atom. The lowest BCUT2D eigenvalue weighted by atomic mass is 9.93. The van der Waals surface area contributed by atoms with E-state index in [9.17, 15) is 0 Å². The second kappa shape index (κ2) is 5.64. The molecule has 0 bridgehead atoms. The molecule has 1 heterocycles. The van der Waals surface area contributed by atoms with Crippen molar-refractivity contribution in [1.82, 2.24) is 10.2 Å². The first-order valence-corrected chi connectivity index (χ1v) is 7.49. The van der Waals surface area contributed by atoms with Crippen molar-refractivity contribution in [1.29, 1.82) is 0 Å². The maximum atomic E-state index is 3.69. The van der Waals surface area contributed by atoms with Gasteiger partial charge in [0, 0.05) is 31.2 Å². The van der Waals surface area contributed by atoms with Crippen molar-refractivity contribution in [3.8, 4) is 0 Å². The second-order valence-electron chi connectivity index (χ2n) is 6.47. The molecule has 0 saturated carbocycles. The zero-order valence-corrected chi connectivity index (χ0v) is 13.1. The van der Waals surface area contributed by atoms with Crippen LogP contribution in [0.15, 0.2) is 18.2 Å². The fraction of sp³-hybridized carbons (Fsp3) is 0.647. The van der Waals surface area contributed by atoms with Gasteiger partial charge in [-0.2, -0.15) is 0 Å². The summed E-state index contributed by atoms with van der Waals surface area (Å²) in [5.74, 6) is 0. The highest BCUT2D eigenvalue weighted by Gasteiger charge is 2.32. The van der Waals surface area contributed by atoms with Crippen LogP contribution in [0.2, 0.25) is 0 Å². The Kier molecular flexibility index (Phi) is 4.32. The summed E-state index contributed by atoms with van der Waals surface area (Å²) >= 11 is 0. The van der Waals surface area contributed by atoms with Gasteiger partial charge >= 0.3 is 0 Å². The normalized spacial score (nSPS) is 28.6. The Balaban J connectivity index is 2.10. The minimum atomic E-state index is 0.270. The number of hydrogen-bond acceptors (Lipinski definition) is 2. The molecule has 0 radical (unpaired) electrons. The Hall–Kier alpha value is -0.860. The van der Waals surface area contributed by atoms with Crippen LogP contribution in [0.3, 0.4) is 0 Å². The number of piperazine rings is 1. The third kappa shape index (κ3) is 3.37. The van der Waals surface area contributed by atoms with Gasteiger partial charge in [0.05, 0.1) is 0 Å². The fourth-order valence-electron chi connectivity index (χ4n) is 2.77. The van der Waals surface area contributed by atoms with Crippen molar-refractivity contribution in [2.45, 2.75) is 59.2 Å². The lowest BCUT2D eigenvalue weighted by Gasteiger charge is -2.45. The number of hydrogen-bond donors (Lipinski definition) is 1. The van der Waals surface area contributed by atoms with E-state index in [0.717, 1.165) is 19.6 Å². The highest BCUT2D eigenvalue weighted by molar-refractivity contribution is 5.30. The van der Waals surface area contributed by atoms with Gasteiger partial charge in [0.25, 0.3) is 0 Å². The summed E-state index contributed by atoms with van der Waals surface area (Å²) in [5.41, 5.74) is 4.50. The van der Waals surface area contributed by atoms with Gasteiger partial charge in [0.1, 0.15) is 0 Å². The van der Waals surface area contributed by atoms with Crippen molar-refractivity contribution >= 4 is 0 Å². The number of nitrogens with zero attached hydrogens (tertiary/aromatic N) is 1. The standard InChI is InChI=1S/C17H28N2/c1-6-17(5)12-19(15(4)10-18-17)11-16-8-7-13(2)14(3)9-16/h7-9,15,18H,6,10-12H2,1-5H3. The first-order chi connectivity index (χ1) is 8.93. The summed E-state index contributed by atoms with van der Waals surface area (Å²) in [6.45, 7) is 14.6. The molecule has 1 aliphatic heterocycles. The van der Waals surface area contributed by atoms with E-state index in [0.29, 0.717) is 6.04 Å². The van der Waals surface area contributed by atoms with Crippen LogP contribution in [0, 0.1) is 13.8 Å². The first-order valence-electron chi connectivity index (χ1n) is 7.49. The number of nitrogens with one attached hydrogen (secondary N) is 1. The minimum Gasteiger partial charge on any atom is -0.309 e. The highest BCUT2D eigenvalue weighted by Crippen LogP contribution is 2.21. The van der Waals surface area contributed by atoms with Crippen LogP contribution < -0.4 is 5.32 Å². The summed E-state index contributed by atoms with van der Waals surface area (Å²) in [6.07, 6.45) is 1.18. The molecule has 1 N–H and O–H groups in total. The second-order valence-corrected chi connectivity index (χ2v) is 6.47. The van der Waals surface area contributed by atoms with Gasteiger partial charge in [0.15, 0.2) is 0 Å². The van der Waals surface area contributed by atoms with Gasteiger partial charge < -0.3 is 5.32 Å². The van der Waals surface area contributed by atoms with Crippen molar-refractivity contribution in [2.75, 3.05) is 13.1 Å². The monoisotopic (exact) mass is 260 g/mol. The Labute approximate surface area is 118 Å². The molecule has 2 heteroatoms. The Morgan fingerprint density at radius 1 is 1.32 bits per heavy atom. The number of benzene rings is 1. The van der Waals surface area contributed by atoms with E-state index in [2.05, 4.69) is 63.0 Å². The largest absolute Gasteiger partial charge is 0.309 e. The predicted molar refractivity (Wildman–Crippen MR) is 82.5 cm³/mol. The highest BCUT2D eigenvalue weighted by atomic mass is 15.2. The third-order valence-corrected chi connectivity index (χ3v) is 4.74. The predicted octanol–water partition coefficient (Wildman–Crippen LogP) is 3.27. The van der Waals surface area contributed by atoms with Crippen LogP contribution >= 0.6 is 0 Å². The maximum absolute atomic E-state index is 3.69. The smallest absolute Gasteiger partial charge is 0.0278 e. The van der Waals surface area contributed by atoms with Crippen LogP contribution in [-0.2, 0) is 6.54 Å². The van der Waals surface area contributed by atoms with Crippen LogP contribution in [-0.4, -0.2) is 29.6 Å². The van der Waals surface area contributed by atoms with E-state index >= 15 is 0 Å². The zero-order valence-electron chi connectivity index (χ0n) is 13.1. The molecular formula is C17H28N2. The molecule has 1 aromatic rings. The SMILES string of the molecule is CCC1(C)CN(Cc2ccc(C)c(C)c2)C(C)CN1. The quantitative estimate of drug-likeness (QED) is 0.897. The summed E-state index contributed by atoms with van der Waals surface area (Å²) in [7, 11) is 0. The number of aryl methyl sites for hydroxylation is 2. The molecule has 0 aliphatic carbocycles. The molecule has 1 fully saturated rings. The summed E-state index contributed by atoms with van der Waals surface area (Å²) in [5, 5.41) is 3.69. The first kappa shape index (κ1) is 14.5. The van der Waals surface area contributed by atoms with E-state index in [1.807, 2.05) is 0 Å². The Bertz CT molecular complexity index is 441. The van der Waals surface area contributed by atoms with Crippen molar-refractivity contribution in [3.63, 3.8) is 0 Å². The van der Waals surface area contributed by atoms with Crippen molar-refractivity contribution in [3.05, 3.63) is 34.9 Å². The van der Waals surface area contributed by atoms with Crippen LogP contribution in [0.25, 0.3) is 0 Å². The van der Waals surface area contributed by atoms with Gasteiger partial charge in [-0.1, -0.05) is 25.1 Å². The number of rotatable bonds is 3. The van der Waals surface area contributed by atoms with Crippen LogP contribution in [0.4, 0.5) is 0 Å². The van der Waals surface area contributed by atoms with Crippen molar-refractivity contribution in [2.24, 2.45) is 0 Å². The van der Waals surface area contributed by atoms with E-state index < -0.39 is 0 Å². The topological polar surface area (TPSA) is 15.3 Å². The average Bonchev–Trinajstić information content (AvgIpc) is 2.39. The molecule has 0 spiro atoms. The molecule has 1 aromatic carbocycles. The minimum absolute atomic E-state index is 0.270. The molecule has 106 valence electrons. The average molecular weight is 260 g/mol. The molecule has 1 saturated heterocycles. The van der Waals surface area contributed by atoms with Gasteiger partial charge in [0.2, 0.25) is 0 Å². The van der Waals surface area contributed by atoms with Crippen LogP contribution in [0.1, 0.15) is 43.9 Å². The molecule has 0 aromatic heterocycles. The Morgan fingerprint density at radius 2 is 2.05 bits per heavy atom. The molecule has 2 nitrogen and oxygen atoms in total. The lowest BCUT2D eigenvalue weighted by molar-refractivity contribution is 0.0866. The van der Waals surface area contributed by atoms with Gasteiger partial charge in [-0.3, -0.25) is 4.90 Å². The molecule has 19 heavy (non-hydrogen) atoms. The maximum Gasteiger partial charge on any atom is 0.0278 e.